The van der Waals surface area contributed by atoms with Gasteiger partial charge in [0.15, 0.2) is 0 Å². The number of nitrogens with zero attached hydrogens (tertiary/aromatic N) is 2. The highest BCUT2D eigenvalue weighted by atomic mass is 16.5. The van der Waals surface area contributed by atoms with E-state index in [-0.39, 0.29) is 17.9 Å². The number of rotatable bonds is 6. The maximum Gasteiger partial charge on any atom is 0.240 e. The predicted octanol–water partition coefficient (Wildman–Crippen LogP) is 5.63. The fourth-order valence-electron chi connectivity index (χ4n) is 4.55. The Hall–Kier alpha value is -3.08. The molecule has 0 spiro atoms. The van der Waals surface area contributed by atoms with Crippen LogP contribution in [0.1, 0.15) is 57.2 Å². The van der Waals surface area contributed by atoms with Crippen LogP contribution < -0.4 is 9.47 Å². The molecule has 0 saturated heterocycles. The maximum absolute atomic E-state index is 12.5. The van der Waals surface area contributed by atoms with Gasteiger partial charge in [0.2, 0.25) is 5.91 Å². The van der Waals surface area contributed by atoms with Crippen LogP contribution >= 0.6 is 0 Å². The van der Waals surface area contributed by atoms with Crippen molar-refractivity contribution in [2.45, 2.75) is 46.1 Å². The SMILES string of the molecule is CCOc1ccc(/C=C2/CCC[C@@H]3C2=NN(C(C)=O)[C@@H]3c2ccc(OCC)cc2)cc1. The smallest absolute Gasteiger partial charge is 0.240 e. The normalized spacial score (nSPS) is 21.6. The highest BCUT2D eigenvalue weighted by Gasteiger charge is 2.42. The molecule has 0 unspecified atom stereocenters. The summed E-state index contributed by atoms with van der Waals surface area (Å²) in [5.74, 6) is 1.91. The standard InChI is InChI=1S/C26H30N2O3/c1-4-30-22-13-9-19(10-14-22)17-21-7-6-8-24-25(21)27-28(18(3)29)26(24)20-11-15-23(16-12-20)31-5-2/h9-17,24,26H,4-8H2,1-3H3/b21-17-/t24-,26-/m1/s1. The van der Waals surface area contributed by atoms with Crippen LogP contribution in [-0.2, 0) is 4.79 Å². The molecular weight excluding hydrogens is 388 g/mol. The Morgan fingerprint density at radius 3 is 2.23 bits per heavy atom. The lowest BCUT2D eigenvalue weighted by molar-refractivity contribution is -0.131. The van der Waals surface area contributed by atoms with Gasteiger partial charge in [0, 0.05) is 12.8 Å². The molecule has 1 aliphatic heterocycles. The average molecular weight is 419 g/mol. The Morgan fingerprint density at radius 1 is 1.03 bits per heavy atom. The van der Waals surface area contributed by atoms with Crippen molar-refractivity contribution in [3.8, 4) is 11.5 Å². The Balaban J connectivity index is 1.63. The Bertz CT molecular complexity index is 977. The average Bonchev–Trinajstić information content (AvgIpc) is 3.17. The van der Waals surface area contributed by atoms with Crippen LogP contribution in [0.5, 0.6) is 11.5 Å². The van der Waals surface area contributed by atoms with Crippen molar-refractivity contribution in [3.05, 3.63) is 65.2 Å². The molecule has 1 amide bonds. The maximum atomic E-state index is 12.5. The first-order valence-electron chi connectivity index (χ1n) is 11.2. The van der Waals surface area contributed by atoms with Gasteiger partial charge in [-0.2, -0.15) is 5.10 Å². The first-order chi connectivity index (χ1) is 15.1. The Morgan fingerprint density at radius 2 is 1.65 bits per heavy atom. The van der Waals surface area contributed by atoms with Crippen LogP contribution in [-0.4, -0.2) is 29.8 Å². The number of benzene rings is 2. The zero-order valence-corrected chi connectivity index (χ0v) is 18.5. The minimum atomic E-state index is -0.0628. The van der Waals surface area contributed by atoms with E-state index in [0.29, 0.717) is 13.2 Å². The largest absolute Gasteiger partial charge is 0.494 e. The van der Waals surface area contributed by atoms with E-state index < -0.39 is 0 Å². The molecule has 0 aromatic heterocycles. The topological polar surface area (TPSA) is 51.1 Å². The highest BCUT2D eigenvalue weighted by molar-refractivity contribution is 6.08. The van der Waals surface area contributed by atoms with Crippen LogP contribution in [0.25, 0.3) is 6.08 Å². The zero-order chi connectivity index (χ0) is 21.8. The summed E-state index contributed by atoms with van der Waals surface area (Å²) in [6.07, 6.45) is 5.30. The molecule has 5 heteroatoms. The van der Waals surface area contributed by atoms with Crippen LogP contribution in [0.3, 0.4) is 0 Å². The van der Waals surface area contributed by atoms with Gasteiger partial charge in [0.25, 0.3) is 0 Å². The van der Waals surface area contributed by atoms with Crippen molar-refractivity contribution in [1.29, 1.82) is 0 Å². The number of carbonyl (C=O) groups is 1. The summed E-state index contributed by atoms with van der Waals surface area (Å²) in [5, 5.41) is 6.50. The van der Waals surface area contributed by atoms with Gasteiger partial charge in [-0.15, -0.1) is 0 Å². The second kappa shape index (κ2) is 9.38. The number of hydrogen-bond donors (Lipinski definition) is 0. The van der Waals surface area contributed by atoms with Crippen molar-refractivity contribution < 1.29 is 14.3 Å². The Kier molecular flexibility index (Phi) is 6.40. The van der Waals surface area contributed by atoms with Gasteiger partial charge in [0.1, 0.15) is 11.5 Å². The molecule has 2 aliphatic rings. The number of ether oxygens (including phenoxy) is 2. The van der Waals surface area contributed by atoms with Crippen molar-refractivity contribution in [2.75, 3.05) is 13.2 Å². The number of carbonyl (C=O) groups excluding carboxylic acids is 1. The quantitative estimate of drug-likeness (QED) is 0.611. The van der Waals surface area contributed by atoms with E-state index in [1.165, 1.54) is 5.57 Å². The minimum Gasteiger partial charge on any atom is -0.494 e. The van der Waals surface area contributed by atoms with E-state index in [4.69, 9.17) is 14.6 Å². The molecule has 4 rings (SSSR count). The predicted molar refractivity (Wildman–Crippen MR) is 123 cm³/mol. The number of amides is 1. The monoisotopic (exact) mass is 418 g/mol. The third-order valence-electron chi connectivity index (χ3n) is 5.89. The molecule has 162 valence electrons. The number of fused-ring (bicyclic) bond motifs is 1. The van der Waals surface area contributed by atoms with E-state index in [2.05, 4.69) is 30.3 Å². The van der Waals surface area contributed by atoms with Crippen molar-refractivity contribution in [2.24, 2.45) is 11.0 Å². The van der Waals surface area contributed by atoms with E-state index in [1.807, 2.05) is 38.1 Å². The van der Waals surface area contributed by atoms with Crippen LogP contribution in [0.2, 0.25) is 0 Å². The number of hydrogen-bond acceptors (Lipinski definition) is 4. The lowest BCUT2D eigenvalue weighted by atomic mass is 9.77. The van der Waals surface area contributed by atoms with Gasteiger partial charge < -0.3 is 9.47 Å². The second-order valence-corrected chi connectivity index (χ2v) is 7.97. The van der Waals surface area contributed by atoms with Gasteiger partial charge in [-0.25, -0.2) is 5.01 Å². The summed E-state index contributed by atoms with van der Waals surface area (Å²) in [7, 11) is 0. The van der Waals surface area contributed by atoms with Gasteiger partial charge in [0.05, 0.1) is 25.0 Å². The van der Waals surface area contributed by atoms with Crippen LogP contribution in [0.4, 0.5) is 0 Å². The number of allylic oxidation sites excluding steroid dienone is 1. The van der Waals surface area contributed by atoms with Crippen LogP contribution in [0, 0.1) is 5.92 Å². The van der Waals surface area contributed by atoms with Crippen molar-refractivity contribution in [1.82, 2.24) is 5.01 Å². The molecule has 2 atom stereocenters. The molecule has 5 nitrogen and oxygen atoms in total. The molecule has 0 N–H and O–H groups in total. The third-order valence-corrected chi connectivity index (χ3v) is 5.89. The summed E-state index contributed by atoms with van der Waals surface area (Å²) in [4.78, 5) is 12.5. The zero-order valence-electron chi connectivity index (χ0n) is 18.5. The molecular formula is C26H30N2O3. The van der Waals surface area contributed by atoms with E-state index in [1.54, 1.807) is 11.9 Å². The lowest BCUT2D eigenvalue weighted by Crippen LogP contribution is -2.30. The van der Waals surface area contributed by atoms with Crippen molar-refractivity contribution in [3.63, 3.8) is 0 Å². The molecule has 31 heavy (non-hydrogen) atoms. The second-order valence-electron chi connectivity index (χ2n) is 7.97. The van der Waals surface area contributed by atoms with Gasteiger partial charge in [-0.05, 0) is 80.2 Å². The number of hydrazone groups is 1. The van der Waals surface area contributed by atoms with Crippen molar-refractivity contribution >= 4 is 17.7 Å². The molecule has 1 aliphatic carbocycles. The lowest BCUT2D eigenvalue weighted by Gasteiger charge is -2.29. The van der Waals surface area contributed by atoms with E-state index in [9.17, 15) is 4.79 Å². The molecule has 0 radical (unpaired) electrons. The molecule has 0 bridgehead atoms. The summed E-state index contributed by atoms with van der Waals surface area (Å²) < 4.78 is 11.1. The molecule has 1 heterocycles. The molecule has 1 fully saturated rings. The molecule has 2 aromatic rings. The summed E-state index contributed by atoms with van der Waals surface area (Å²) in [6.45, 7) is 6.85. The first-order valence-corrected chi connectivity index (χ1v) is 11.2. The van der Waals surface area contributed by atoms with E-state index >= 15 is 0 Å². The summed E-state index contributed by atoms with van der Waals surface area (Å²) in [5.41, 5.74) is 4.50. The third kappa shape index (κ3) is 4.50. The van der Waals surface area contributed by atoms with Gasteiger partial charge >= 0.3 is 0 Å². The fraction of sp³-hybridized carbons (Fsp3) is 0.385. The van der Waals surface area contributed by atoms with Gasteiger partial charge in [-0.3, -0.25) is 4.79 Å². The summed E-state index contributed by atoms with van der Waals surface area (Å²) >= 11 is 0. The molecule has 2 aromatic carbocycles. The molecule has 1 saturated carbocycles. The Labute approximate surface area is 184 Å². The van der Waals surface area contributed by atoms with Crippen LogP contribution in [0.15, 0.2) is 59.2 Å². The van der Waals surface area contributed by atoms with E-state index in [0.717, 1.165) is 47.6 Å². The highest BCUT2D eigenvalue weighted by Crippen LogP contribution is 2.44. The summed E-state index contributed by atoms with van der Waals surface area (Å²) in [6, 6.07) is 16.2. The minimum absolute atomic E-state index is 0.0267. The first kappa shape index (κ1) is 21.2. The fourth-order valence-corrected chi connectivity index (χ4v) is 4.55. The van der Waals surface area contributed by atoms with Gasteiger partial charge in [-0.1, -0.05) is 24.3 Å².